The number of carbonyl (C=O) groups excluding carboxylic acids is 2. The zero-order valence-corrected chi connectivity index (χ0v) is 11.1. The normalized spacial score (nSPS) is 29.5. The van der Waals surface area contributed by atoms with Gasteiger partial charge in [0.15, 0.2) is 0 Å². The van der Waals surface area contributed by atoms with Crippen molar-refractivity contribution >= 4 is 22.9 Å². The molecule has 0 spiro atoms. The molecule has 1 saturated heterocycles. The molecule has 96 valence electrons. The number of hydrogen-bond acceptors (Lipinski definition) is 3. The minimum Gasteiger partial charge on any atom is -0.352 e. The Hall–Kier alpha value is -0.710. The van der Waals surface area contributed by atoms with E-state index in [0.29, 0.717) is 18.5 Å². The van der Waals surface area contributed by atoms with Gasteiger partial charge in [-0.25, -0.2) is 0 Å². The monoisotopic (exact) mass is 256 g/mol. The summed E-state index contributed by atoms with van der Waals surface area (Å²) in [4.78, 5) is 24.9. The summed E-state index contributed by atoms with van der Waals surface area (Å²) in [7, 11) is 0. The maximum atomic E-state index is 11.8. The Morgan fingerprint density at radius 3 is 2.88 bits per heavy atom. The zero-order chi connectivity index (χ0) is 12.3. The van der Waals surface area contributed by atoms with Gasteiger partial charge in [0.1, 0.15) is 6.54 Å². The highest BCUT2D eigenvalue weighted by Crippen LogP contribution is 2.23. The molecular formula is C12H20N2O2S. The van der Waals surface area contributed by atoms with E-state index < -0.39 is 0 Å². The Labute approximate surface area is 106 Å². The molecule has 17 heavy (non-hydrogen) atoms. The van der Waals surface area contributed by atoms with Crippen molar-refractivity contribution in [2.24, 2.45) is 5.92 Å². The largest absolute Gasteiger partial charge is 0.352 e. The van der Waals surface area contributed by atoms with Crippen molar-refractivity contribution in [3.05, 3.63) is 0 Å². The third kappa shape index (κ3) is 3.37. The van der Waals surface area contributed by atoms with Crippen LogP contribution in [0.3, 0.4) is 0 Å². The van der Waals surface area contributed by atoms with Gasteiger partial charge in [-0.05, 0) is 18.8 Å². The van der Waals surface area contributed by atoms with Crippen LogP contribution in [0, 0.1) is 5.92 Å². The topological polar surface area (TPSA) is 49.4 Å². The Morgan fingerprint density at radius 2 is 2.24 bits per heavy atom. The first kappa shape index (κ1) is 12.7. The fourth-order valence-corrected chi connectivity index (χ4v) is 3.35. The van der Waals surface area contributed by atoms with Gasteiger partial charge in [-0.3, -0.25) is 9.59 Å². The molecule has 1 saturated carbocycles. The van der Waals surface area contributed by atoms with E-state index in [2.05, 4.69) is 12.2 Å². The second kappa shape index (κ2) is 5.76. The van der Waals surface area contributed by atoms with Crippen molar-refractivity contribution in [2.45, 2.75) is 38.6 Å². The first-order chi connectivity index (χ1) is 8.16. The molecule has 4 nitrogen and oxygen atoms in total. The summed E-state index contributed by atoms with van der Waals surface area (Å²) in [6, 6.07) is 0.307. The number of thioether (sulfide) groups is 1. The molecule has 0 aromatic rings. The van der Waals surface area contributed by atoms with Gasteiger partial charge in [-0.1, -0.05) is 31.5 Å². The van der Waals surface area contributed by atoms with Crippen LogP contribution in [0.15, 0.2) is 0 Å². The molecule has 2 aliphatic rings. The van der Waals surface area contributed by atoms with Gasteiger partial charge in [0, 0.05) is 18.3 Å². The van der Waals surface area contributed by atoms with Crippen LogP contribution >= 0.6 is 11.8 Å². The molecule has 1 heterocycles. The van der Waals surface area contributed by atoms with Crippen molar-refractivity contribution in [1.29, 1.82) is 0 Å². The van der Waals surface area contributed by atoms with E-state index in [-0.39, 0.29) is 17.7 Å². The van der Waals surface area contributed by atoms with Crippen LogP contribution < -0.4 is 5.32 Å². The molecule has 2 amide bonds. The van der Waals surface area contributed by atoms with E-state index in [0.717, 1.165) is 12.2 Å². The minimum atomic E-state index is -0.000370. The standard InChI is InChI=1S/C12H20N2O2S/c1-9-4-2-3-5-10(9)13-11(15)8-14-6-7-17-12(14)16/h9-10H,2-8H2,1H3,(H,13,15). The zero-order valence-electron chi connectivity index (χ0n) is 10.3. The number of nitrogens with one attached hydrogen (secondary N) is 1. The second-order valence-corrected chi connectivity index (χ2v) is 6.02. The van der Waals surface area contributed by atoms with Crippen LogP contribution in [0.2, 0.25) is 0 Å². The number of amides is 2. The number of nitrogens with zero attached hydrogens (tertiary/aromatic N) is 1. The third-order valence-corrected chi connectivity index (χ3v) is 4.53. The van der Waals surface area contributed by atoms with E-state index in [4.69, 9.17) is 0 Å². The lowest BCUT2D eigenvalue weighted by molar-refractivity contribution is -0.122. The predicted molar refractivity (Wildman–Crippen MR) is 69.0 cm³/mol. The molecule has 5 heteroatoms. The summed E-state index contributed by atoms with van der Waals surface area (Å²) >= 11 is 1.30. The molecule has 2 rings (SSSR count). The van der Waals surface area contributed by atoms with Crippen LogP contribution in [0.1, 0.15) is 32.6 Å². The summed E-state index contributed by atoms with van der Waals surface area (Å²) in [5.74, 6) is 1.38. The van der Waals surface area contributed by atoms with E-state index in [1.807, 2.05) is 0 Å². The molecule has 1 aliphatic heterocycles. The lowest BCUT2D eigenvalue weighted by atomic mass is 9.86. The van der Waals surface area contributed by atoms with Crippen molar-refractivity contribution in [2.75, 3.05) is 18.8 Å². The highest BCUT2D eigenvalue weighted by atomic mass is 32.2. The van der Waals surface area contributed by atoms with Crippen molar-refractivity contribution in [3.8, 4) is 0 Å². The summed E-state index contributed by atoms with van der Waals surface area (Å²) in [5, 5.41) is 3.11. The molecule has 2 atom stereocenters. The van der Waals surface area contributed by atoms with Crippen LogP contribution in [0.5, 0.6) is 0 Å². The minimum absolute atomic E-state index is 0.000370. The second-order valence-electron chi connectivity index (χ2n) is 4.97. The first-order valence-electron chi connectivity index (χ1n) is 6.38. The summed E-state index contributed by atoms with van der Waals surface area (Å²) in [5.41, 5.74) is 0. The SMILES string of the molecule is CC1CCCCC1NC(=O)CN1CCSC1=O. The molecular weight excluding hydrogens is 236 g/mol. The van der Waals surface area contributed by atoms with E-state index in [1.54, 1.807) is 4.90 Å². The van der Waals surface area contributed by atoms with Crippen molar-refractivity contribution in [1.82, 2.24) is 10.2 Å². The number of hydrogen-bond donors (Lipinski definition) is 1. The fraction of sp³-hybridized carbons (Fsp3) is 0.833. The van der Waals surface area contributed by atoms with Crippen LogP contribution in [0.25, 0.3) is 0 Å². The quantitative estimate of drug-likeness (QED) is 0.838. The van der Waals surface area contributed by atoms with Gasteiger partial charge in [0.25, 0.3) is 5.24 Å². The molecule has 0 aromatic heterocycles. The van der Waals surface area contributed by atoms with E-state index in [1.165, 1.54) is 31.0 Å². The molecule has 0 aromatic carbocycles. The van der Waals surface area contributed by atoms with Crippen LogP contribution in [-0.4, -0.2) is 40.9 Å². The fourth-order valence-electron chi connectivity index (χ4n) is 2.53. The van der Waals surface area contributed by atoms with Crippen molar-refractivity contribution < 1.29 is 9.59 Å². The summed E-state index contributed by atoms with van der Waals surface area (Å²) < 4.78 is 0. The first-order valence-corrected chi connectivity index (χ1v) is 7.36. The highest BCUT2D eigenvalue weighted by molar-refractivity contribution is 8.13. The Bertz CT molecular complexity index is 309. The molecule has 2 fully saturated rings. The maximum Gasteiger partial charge on any atom is 0.282 e. The third-order valence-electron chi connectivity index (χ3n) is 3.64. The van der Waals surface area contributed by atoms with Gasteiger partial charge in [-0.15, -0.1) is 0 Å². The lowest BCUT2D eigenvalue weighted by Crippen LogP contribution is -2.45. The van der Waals surface area contributed by atoms with Gasteiger partial charge in [0.2, 0.25) is 5.91 Å². The lowest BCUT2D eigenvalue weighted by Gasteiger charge is -2.30. The average Bonchev–Trinajstić information content (AvgIpc) is 2.68. The van der Waals surface area contributed by atoms with E-state index in [9.17, 15) is 9.59 Å². The molecule has 0 bridgehead atoms. The summed E-state index contributed by atoms with van der Waals surface area (Å²) in [6.07, 6.45) is 4.75. The van der Waals surface area contributed by atoms with Gasteiger partial charge in [0.05, 0.1) is 0 Å². The molecule has 0 radical (unpaired) electrons. The smallest absolute Gasteiger partial charge is 0.282 e. The molecule has 1 N–H and O–H groups in total. The maximum absolute atomic E-state index is 11.8. The number of carbonyl (C=O) groups is 2. The van der Waals surface area contributed by atoms with Crippen LogP contribution in [0.4, 0.5) is 4.79 Å². The molecule has 2 unspecified atom stereocenters. The van der Waals surface area contributed by atoms with Crippen LogP contribution in [-0.2, 0) is 4.79 Å². The Morgan fingerprint density at radius 1 is 1.47 bits per heavy atom. The highest BCUT2D eigenvalue weighted by Gasteiger charge is 2.26. The molecule has 1 aliphatic carbocycles. The average molecular weight is 256 g/mol. The summed E-state index contributed by atoms with van der Waals surface area (Å²) in [6.45, 7) is 3.13. The predicted octanol–water partition coefficient (Wildman–Crippen LogP) is 1.85. The van der Waals surface area contributed by atoms with Gasteiger partial charge < -0.3 is 10.2 Å². The van der Waals surface area contributed by atoms with E-state index >= 15 is 0 Å². The van der Waals surface area contributed by atoms with Crippen molar-refractivity contribution in [3.63, 3.8) is 0 Å². The number of rotatable bonds is 3. The van der Waals surface area contributed by atoms with Gasteiger partial charge in [-0.2, -0.15) is 0 Å². The van der Waals surface area contributed by atoms with Gasteiger partial charge >= 0.3 is 0 Å². The Kier molecular flexibility index (Phi) is 4.31. The Balaban J connectivity index is 1.78.